The fraction of sp³-hybridized carbons (Fsp3) is 0.333. The van der Waals surface area contributed by atoms with Gasteiger partial charge in [0.15, 0.2) is 0 Å². The summed E-state index contributed by atoms with van der Waals surface area (Å²) >= 11 is 0. The minimum absolute atomic E-state index is 0.0404. The minimum Gasteiger partial charge on any atom is -0.443 e. The molecule has 0 N–H and O–H groups in total. The monoisotopic (exact) mass is 619 g/mol. The van der Waals surface area contributed by atoms with Gasteiger partial charge < -0.3 is 9.47 Å². The molecule has 234 valence electrons. The average molecular weight is 620 g/mol. The van der Waals surface area contributed by atoms with Gasteiger partial charge in [-0.2, -0.15) is 26.3 Å². The first kappa shape index (κ1) is 32.8. The number of aryl methyl sites for hydroxylation is 1. The van der Waals surface area contributed by atoms with Crippen molar-refractivity contribution in [3.63, 3.8) is 0 Å². The quantitative estimate of drug-likeness (QED) is 0.259. The lowest BCUT2D eigenvalue weighted by molar-refractivity contribution is -0.143. The number of halogens is 6. The summed E-state index contributed by atoms with van der Waals surface area (Å²) < 4.78 is 92.9. The molecule has 0 saturated heterocycles. The molecule has 1 aliphatic heterocycles. The van der Waals surface area contributed by atoms with Gasteiger partial charge in [-0.15, -0.1) is 0 Å². The van der Waals surface area contributed by atoms with Crippen LogP contribution in [0.4, 0.5) is 31.1 Å². The van der Waals surface area contributed by atoms with Crippen LogP contribution in [-0.2, 0) is 32.2 Å². The van der Waals surface area contributed by atoms with E-state index >= 15 is 0 Å². The van der Waals surface area contributed by atoms with Crippen molar-refractivity contribution >= 4 is 17.6 Å². The number of benzene rings is 3. The van der Waals surface area contributed by atoms with Gasteiger partial charge in [-0.05, 0) is 81.1 Å². The van der Waals surface area contributed by atoms with E-state index in [-0.39, 0.29) is 17.2 Å². The highest BCUT2D eigenvalue weighted by molar-refractivity contribution is 6.26. The molecule has 1 heterocycles. The third-order valence-corrected chi connectivity index (χ3v) is 7.13. The lowest BCUT2D eigenvalue weighted by Gasteiger charge is -2.38. The van der Waals surface area contributed by atoms with Gasteiger partial charge in [0, 0.05) is 5.57 Å². The summed E-state index contributed by atoms with van der Waals surface area (Å²) in [4.78, 5) is 28.6. The molecular weight excluding hydrogens is 588 g/mol. The van der Waals surface area contributed by atoms with E-state index in [1.165, 1.54) is 13.0 Å². The maximum atomic E-state index is 14.1. The predicted octanol–water partition coefficient (Wildman–Crippen LogP) is 8.87. The molecule has 0 saturated carbocycles. The summed E-state index contributed by atoms with van der Waals surface area (Å²) in [6.07, 6.45) is -10.9. The van der Waals surface area contributed by atoms with E-state index in [1.54, 1.807) is 82.3 Å². The fourth-order valence-corrected chi connectivity index (χ4v) is 4.98. The van der Waals surface area contributed by atoms with Crippen LogP contribution in [0.2, 0.25) is 0 Å². The van der Waals surface area contributed by atoms with E-state index in [0.29, 0.717) is 23.3 Å². The Hall–Kier alpha value is -4.12. The van der Waals surface area contributed by atoms with E-state index in [2.05, 4.69) is 0 Å². The highest BCUT2D eigenvalue weighted by atomic mass is 19.4. The van der Waals surface area contributed by atoms with Gasteiger partial charge in [0.05, 0.1) is 23.8 Å². The summed E-state index contributed by atoms with van der Waals surface area (Å²) in [5, 5.41) is 0. The van der Waals surface area contributed by atoms with E-state index in [0.717, 1.165) is 10.5 Å². The Bertz CT molecular complexity index is 1540. The first-order chi connectivity index (χ1) is 20.3. The van der Waals surface area contributed by atoms with Gasteiger partial charge in [-0.3, -0.25) is 4.79 Å². The summed E-state index contributed by atoms with van der Waals surface area (Å²) in [5.74, 6) is -0.702. The number of alkyl halides is 6. The first-order valence-corrected chi connectivity index (χ1v) is 13.7. The van der Waals surface area contributed by atoms with Crippen molar-refractivity contribution in [3.05, 3.63) is 112 Å². The Morgan fingerprint density at radius 3 is 1.93 bits per heavy atom. The van der Waals surface area contributed by atoms with Crippen molar-refractivity contribution in [2.75, 3.05) is 6.61 Å². The molecule has 0 aliphatic carbocycles. The second-order valence-corrected chi connectivity index (χ2v) is 11.6. The molecule has 5 nitrogen and oxygen atoms in total. The number of hydrogen-bond acceptors (Lipinski definition) is 4. The average Bonchev–Trinajstić information content (AvgIpc) is 3.23. The summed E-state index contributed by atoms with van der Waals surface area (Å²) in [5.41, 5.74) is -4.18. The van der Waals surface area contributed by atoms with Gasteiger partial charge in [0.25, 0.3) is 5.91 Å². The zero-order valence-corrected chi connectivity index (χ0v) is 24.6. The third-order valence-electron chi connectivity index (χ3n) is 7.13. The maximum Gasteiger partial charge on any atom is 0.418 e. The van der Waals surface area contributed by atoms with Crippen LogP contribution in [0.15, 0.2) is 78.9 Å². The van der Waals surface area contributed by atoms with Crippen molar-refractivity contribution < 1.29 is 45.4 Å². The number of carbonyl (C=O) groups is 2. The van der Waals surface area contributed by atoms with Crippen molar-refractivity contribution in [3.8, 4) is 0 Å². The zero-order valence-electron chi connectivity index (χ0n) is 24.6. The molecule has 4 rings (SSSR count). The summed E-state index contributed by atoms with van der Waals surface area (Å²) in [6, 6.07) is 16.5. The van der Waals surface area contributed by atoms with Crippen molar-refractivity contribution in [1.82, 2.24) is 4.90 Å². The van der Waals surface area contributed by atoms with Crippen molar-refractivity contribution in [1.29, 1.82) is 0 Å². The normalized spacial score (nSPS) is 18.3. The molecule has 2 atom stereocenters. The fourth-order valence-electron chi connectivity index (χ4n) is 4.98. The first-order valence-electron chi connectivity index (χ1n) is 13.7. The molecule has 0 aromatic heterocycles. The van der Waals surface area contributed by atoms with Gasteiger partial charge in [0.2, 0.25) is 0 Å². The molecule has 3 aromatic rings. The van der Waals surface area contributed by atoms with Crippen LogP contribution < -0.4 is 0 Å². The smallest absolute Gasteiger partial charge is 0.418 e. The predicted molar refractivity (Wildman–Crippen MR) is 151 cm³/mol. The van der Waals surface area contributed by atoms with E-state index < -0.39 is 59.3 Å². The largest absolute Gasteiger partial charge is 0.443 e. The number of amides is 2. The van der Waals surface area contributed by atoms with Crippen molar-refractivity contribution in [2.45, 2.75) is 64.2 Å². The number of carbonyl (C=O) groups excluding carboxylic acids is 2. The molecule has 0 spiro atoms. The Morgan fingerprint density at radius 2 is 1.41 bits per heavy atom. The highest BCUT2D eigenvalue weighted by Crippen LogP contribution is 2.44. The molecule has 2 amide bonds. The molecule has 44 heavy (non-hydrogen) atoms. The summed E-state index contributed by atoms with van der Waals surface area (Å²) in [6.45, 7) is 7.45. The lowest BCUT2D eigenvalue weighted by atomic mass is 9.89. The Morgan fingerprint density at radius 1 is 0.864 bits per heavy atom. The number of rotatable bonds is 6. The number of hydrogen-bond donors (Lipinski definition) is 0. The number of ether oxygens (including phenoxy) is 2. The standard InChI is InChI=1S/C33H31F6NO4/c1-20-11-9-10-14-26(20)27-18-31(23-12-7-6-8-13-23,40(28(27)41)29(42)44-30(3,4)5)19-43-21(2)22-15-24(32(34,35)36)17-25(16-22)33(37,38)39/h6-18,21H,19H2,1-5H3/t21-,31-/m1/s1. The van der Waals surface area contributed by atoms with E-state index in [9.17, 15) is 35.9 Å². The molecule has 0 radical (unpaired) electrons. The molecule has 11 heteroatoms. The minimum atomic E-state index is -5.04. The number of nitrogens with zero attached hydrogens (tertiary/aromatic N) is 1. The van der Waals surface area contributed by atoms with E-state index in [4.69, 9.17) is 9.47 Å². The van der Waals surface area contributed by atoms with Crippen LogP contribution in [0.1, 0.15) is 67.2 Å². The van der Waals surface area contributed by atoms with Gasteiger partial charge in [0.1, 0.15) is 11.1 Å². The zero-order chi connectivity index (χ0) is 32.7. The third kappa shape index (κ3) is 6.83. The Balaban J connectivity index is 1.86. The molecule has 0 unspecified atom stereocenters. The van der Waals surface area contributed by atoms with Crippen LogP contribution in [-0.4, -0.2) is 29.1 Å². The topological polar surface area (TPSA) is 55.8 Å². The van der Waals surface area contributed by atoms with Crippen LogP contribution in [0.3, 0.4) is 0 Å². The van der Waals surface area contributed by atoms with Crippen LogP contribution in [0.5, 0.6) is 0 Å². The molecule has 0 fully saturated rings. The van der Waals surface area contributed by atoms with Gasteiger partial charge >= 0.3 is 18.4 Å². The molecule has 3 aromatic carbocycles. The molecule has 0 bridgehead atoms. The second kappa shape index (κ2) is 11.8. The second-order valence-electron chi connectivity index (χ2n) is 11.6. The highest BCUT2D eigenvalue weighted by Gasteiger charge is 2.52. The SMILES string of the molecule is Cc1ccccc1C1=C[C@@](CO[C@H](C)c2cc(C(F)(F)F)cc(C(F)(F)F)c2)(c2ccccc2)N(C(=O)OC(C)(C)C)C1=O. The van der Waals surface area contributed by atoms with Crippen LogP contribution in [0, 0.1) is 6.92 Å². The number of imide groups is 1. The maximum absolute atomic E-state index is 14.1. The lowest BCUT2D eigenvalue weighted by Crippen LogP contribution is -2.52. The van der Waals surface area contributed by atoms with E-state index in [1.807, 2.05) is 0 Å². The Kier molecular flexibility index (Phi) is 8.76. The van der Waals surface area contributed by atoms with Crippen molar-refractivity contribution in [2.24, 2.45) is 0 Å². The summed E-state index contributed by atoms with van der Waals surface area (Å²) in [7, 11) is 0. The van der Waals surface area contributed by atoms with Gasteiger partial charge in [-0.1, -0.05) is 54.6 Å². The molecular formula is C33H31F6NO4. The molecule has 1 aliphatic rings. The van der Waals surface area contributed by atoms with Crippen LogP contribution in [0.25, 0.3) is 5.57 Å². The van der Waals surface area contributed by atoms with Crippen LogP contribution >= 0.6 is 0 Å². The Labute approximate surface area is 251 Å². The van der Waals surface area contributed by atoms with Gasteiger partial charge in [-0.25, -0.2) is 9.69 Å².